The van der Waals surface area contributed by atoms with E-state index in [1.807, 2.05) is 30.3 Å². The van der Waals surface area contributed by atoms with Crippen LogP contribution >= 0.6 is 0 Å². The van der Waals surface area contributed by atoms with Gasteiger partial charge in [-0.15, -0.1) is 4.48 Å². The minimum absolute atomic E-state index is 0.255. The second kappa shape index (κ2) is 10.1. The Morgan fingerprint density at radius 2 is 1.83 bits per heavy atom. The van der Waals surface area contributed by atoms with Crippen LogP contribution in [0.1, 0.15) is 42.5 Å². The van der Waals surface area contributed by atoms with Crippen LogP contribution in [0.4, 0.5) is 16.2 Å². The summed E-state index contributed by atoms with van der Waals surface area (Å²) >= 11 is 0. The largest absolute Gasteiger partial charge is 0.531 e. The Hall–Kier alpha value is -4.43. The average Bonchev–Trinajstić information content (AvgIpc) is 3.49. The number of amides is 3. The Kier molecular flexibility index (Phi) is 6.89. The molecule has 2 aromatic carbocycles. The monoisotopic (exact) mass is 486 g/mol. The zero-order chi connectivity index (χ0) is 25.8. The highest BCUT2D eigenvalue weighted by molar-refractivity contribution is 6.02. The normalized spacial score (nSPS) is 16.5. The van der Waals surface area contributed by atoms with Gasteiger partial charge in [0.05, 0.1) is 18.9 Å². The zero-order valence-electron chi connectivity index (χ0n) is 20.4. The summed E-state index contributed by atoms with van der Waals surface area (Å²) in [6.45, 7) is 5.63. The number of nitrogens with one attached hydrogen (secondary N) is 2. The van der Waals surface area contributed by atoms with Gasteiger partial charge in [0.25, 0.3) is 11.8 Å². The predicted molar refractivity (Wildman–Crippen MR) is 138 cm³/mol. The van der Waals surface area contributed by atoms with Crippen LogP contribution in [0, 0.1) is 0 Å². The van der Waals surface area contributed by atoms with Crippen molar-refractivity contribution in [2.24, 2.45) is 0 Å². The first-order valence-corrected chi connectivity index (χ1v) is 11.5. The number of hydrogen-bond acceptors (Lipinski definition) is 5. The second-order valence-corrected chi connectivity index (χ2v) is 9.28. The first-order valence-electron chi connectivity index (χ1n) is 11.5. The summed E-state index contributed by atoms with van der Waals surface area (Å²) in [5, 5.41) is 5.52. The topological polar surface area (TPSA) is 97.6 Å². The van der Waals surface area contributed by atoms with Gasteiger partial charge >= 0.3 is 6.09 Å². The number of fused-ring (bicyclic) bond motifs is 1. The predicted octanol–water partition coefficient (Wildman–Crippen LogP) is 5.59. The van der Waals surface area contributed by atoms with Crippen molar-refractivity contribution in [3.8, 4) is 0 Å². The maximum atomic E-state index is 13.2. The maximum Gasteiger partial charge on any atom is 0.531 e. The van der Waals surface area contributed by atoms with Gasteiger partial charge in [-0.05, 0) is 57.2 Å². The van der Waals surface area contributed by atoms with Crippen LogP contribution in [0.5, 0.6) is 0 Å². The molecular weight excluding hydrogens is 458 g/mol. The molecule has 0 spiro atoms. The van der Waals surface area contributed by atoms with Crippen LogP contribution in [0.15, 0.2) is 89.8 Å². The van der Waals surface area contributed by atoms with E-state index in [4.69, 9.17) is 9.15 Å². The van der Waals surface area contributed by atoms with E-state index in [1.54, 1.807) is 63.4 Å². The number of furan rings is 1. The highest BCUT2D eigenvalue weighted by Crippen LogP contribution is 2.37. The van der Waals surface area contributed by atoms with Crippen molar-refractivity contribution in [3.05, 3.63) is 102 Å². The van der Waals surface area contributed by atoms with Gasteiger partial charge in [-0.2, -0.15) is 4.79 Å². The molecule has 2 N–H and O–H groups in total. The van der Waals surface area contributed by atoms with Gasteiger partial charge in [-0.3, -0.25) is 9.59 Å². The van der Waals surface area contributed by atoms with Crippen LogP contribution in [0.25, 0.3) is 6.08 Å². The summed E-state index contributed by atoms with van der Waals surface area (Å²) in [7, 11) is 0. The molecule has 0 saturated heterocycles. The standard InChI is InChI=1S/C28H27N3O5/c1-28(2,3)36-27(34)31(15-13-20-8-4-5-12-24(20)31)16-14-25(32)30-22-10-6-9-21(18-22)26(33)29-19-23-11-7-17-35-23/h4-18H,19H2,1-3H3,(H-,29,30,32,33)/p+1. The Labute approximate surface area is 209 Å². The van der Waals surface area contributed by atoms with E-state index >= 15 is 0 Å². The molecule has 1 aliphatic heterocycles. The smallest absolute Gasteiger partial charge is 0.467 e. The van der Waals surface area contributed by atoms with E-state index < -0.39 is 17.6 Å². The van der Waals surface area contributed by atoms with Crippen LogP contribution in [0.2, 0.25) is 0 Å². The lowest BCUT2D eigenvalue weighted by Crippen LogP contribution is -2.46. The molecule has 1 aliphatic rings. The van der Waals surface area contributed by atoms with Crippen molar-refractivity contribution < 1.29 is 23.5 Å². The Morgan fingerprint density at radius 1 is 1.03 bits per heavy atom. The molecule has 2 heterocycles. The molecule has 0 fully saturated rings. The fraction of sp³-hybridized carbons (Fsp3) is 0.179. The van der Waals surface area contributed by atoms with Crippen molar-refractivity contribution >= 4 is 35.4 Å². The third-order valence-electron chi connectivity index (χ3n) is 5.38. The number of rotatable bonds is 6. The molecule has 1 aromatic heterocycles. The van der Waals surface area contributed by atoms with Gasteiger partial charge in [0.15, 0.2) is 5.69 Å². The first kappa shape index (κ1) is 24.7. The third-order valence-corrected chi connectivity index (χ3v) is 5.38. The summed E-state index contributed by atoms with van der Waals surface area (Å²) < 4.78 is 10.5. The number of anilines is 1. The molecule has 1 unspecified atom stereocenters. The average molecular weight is 487 g/mol. The Morgan fingerprint density at radius 3 is 2.58 bits per heavy atom. The fourth-order valence-electron chi connectivity index (χ4n) is 3.72. The van der Waals surface area contributed by atoms with E-state index in [0.29, 0.717) is 22.7 Å². The molecule has 3 amide bonds. The van der Waals surface area contributed by atoms with Crippen LogP contribution in [-0.2, 0) is 16.1 Å². The molecule has 36 heavy (non-hydrogen) atoms. The van der Waals surface area contributed by atoms with Gasteiger partial charge in [-0.25, -0.2) is 0 Å². The first-order chi connectivity index (χ1) is 17.2. The molecule has 0 bridgehead atoms. The molecule has 0 radical (unpaired) electrons. The molecule has 0 saturated carbocycles. The van der Waals surface area contributed by atoms with Crippen molar-refractivity contribution in [1.82, 2.24) is 9.80 Å². The summed E-state index contributed by atoms with van der Waals surface area (Å²) in [5.41, 5.74) is 1.67. The van der Waals surface area contributed by atoms with E-state index in [9.17, 15) is 14.4 Å². The highest BCUT2D eigenvalue weighted by atomic mass is 16.6. The number of quaternary nitrogens is 1. The summed E-state index contributed by atoms with van der Waals surface area (Å²) in [4.78, 5) is 38.5. The number of ether oxygens (including phenoxy) is 1. The van der Waals surface area contributed by atoms with Gasteiger partial charge in [0.1, 0.15) is 23.8 Å². The summed E-state index contributed by atoms with van der Waals surface area (Å²) in [6, 6.07) is 17.5. The number of carbonyl (C=O) groups excluding carboxylic acids is 3. The van der Waals surface area contributed by atoms with E-state index in [2.05, 4.69) is 10.6 Å². The second-order valence-electron chi connectivity index (χ2n) is 9.28. The van der Waals surface area contributed by atoms with Gasteiger partial charge in [-0.1, -0.05) is 18.2 Å². The molecular formula is C28H28N3O5+. The molecule has 1 atom stereocenters. The van der Waals surface area contributed by atoms with Crippen molar-refractivity contribution in [2.45, 2.75) is 32.9 Å². The number of para-hydroxylation sites is 1. The molecule has 4 rings (SSSR count). The lowest BCUT2D eigenvalue weighted by Gasteiger charge is -2.28. The Balaban J connectivity index is 1.49. The number of benzene rings is 2. The molecule has 0 aliphatic carbocycles. The number of nitrogens with zero attached hydrogens (tertiary/aromatic N) is 1. The molecule has 8 nitrogen and oxygen atoms in total. The van der Waals surface area contributed by atoms with Crippen LogP contribution in [-0.4, -0.2) is 23.5 Å². The lowest BCUT2D eigenvalue weighted by atomic mass is 10.2. The molecule has 184 valence electrons. The minimum Gasteiger partial charge on any atom is -0.467 e. The van der Waals surface area contributed by atoms with E-state index in [1.165, 1.54) is 18.5 Å². The van der Waals surface area contributed by atoms with Gasteiger partial charge in [0, 0.05) is 29.0 Å². The highest BCUT2D eigenvalue weighted by Gasteiger charge is 2.44. The molecule has 8 heteroatoms. The molecule has 3 aromatic rings. The fourth-order valence-corrected chi connectivity index (χ4v) is 3.72. The van der Waals surface area contributed by atoms with Crippen LogP contribution < -0.4 is 15.1 Å². The van der Waals surface area contributed by atoms with Gasteiger partial charge < -0.3 is 19.8 Å². The van der Waals surface area contributed by atoms with Gasteiger partial charge in [0.2, 0.25) is 0 Å². The van der Waals surface area contributed by atoms with E-state index in [0.717, 1.165) is 5.56 Å². The third kappa shape index (κ3) is 5.61. The maximum absolute atomic E-state index is 13.2. The lowest BCUT2D eigenvalue weighted by molar-refractivity contribution is -0.111. The summed E-state index contributed by atoms with van der Waals surface area (Å²) in [5.74, 6) is -0.120. The SMILES string of the molecule is CC(C)(C)OC(=O)[N+]1(C=CC(=O)Nc2cccc(C(=O)NCc3ccco3)c2)C=Cc2ccccc21. The summed E-state index contributed by atoms with van der Waals surface area (Å²) in [6.07, 6.45) is 7.31. The van der Waals surface area contributed by atoms with Crippen molar-refractivity contribution in [1.29, 1.82) is 0 Å². The minimum atomic E-state index is -0.707. The quantitative estimate of drug-likeness (QED) is 0.350. The van der Waals surface area contributed by atoms with Crippen molar-refractivity contribution in [3.63, 3.8) is 0 Å². The van der Waals surface area contributed by atoms with Crippen LogP contribution in [0.3, 0.4) is 0 Å². The Bertz CT molecular complexity index is 1340. The zero-order valence-corrected chi connectivity index (χ0v) is 20.4. The van der Waals surface area contributed by atoms with E-state index in [-0.39, 0.29) is 16.9 Å². The number of hydrogen-bond donors (Lipinski definition) is 2. The number of carbonyl (C=O) groups is 3. The van der Waals surface area contributed by atoms with Crippen molar-refractivity contribution in [2.75, 3.05) is 5.32 Å².